The molecular weight excluding hydrogens is 107 g/mol. The molecule has 0 bridgehead atoms. The van der Waals surface area contributed by atoms with Crippen molar-refractivity contribution in [2.45, 2.75) is 0 Å². The Morgan fingerprint density at radius 3 is 2.29 bits per heavy atom. The predicted octanol–water partition coefficient (Wildman–Crippen LogP) is -4.60. The van der Waals surface area contributed by atoms with Gasteiger partial charge in [-0.05, 0) is 0 Å². The Hall–Kier alpha value is -0.240. The zero-order valence-electron chi connectivity index (χ0n) is 3.76. The number of carboxylic acid groups (broad SMARTS) is 1. The largest absolute Gasteiger partial charge is 1.00 e. The van der Waals surface area contributed by atoms with Crippen LogP contribution in [-0.2, 0) is 0 Å². The van der Waals surface area contributed by atoms with Crippen LogP contribution in [0.2, 0.25) is 0 Å². The van der Waals surface area contributed by atoms with Gasteiger partial charge in [0.25, 0.3) is 0 Å². The van der Waals surface area contributed by atoms with Gasteiger partial charge in [-0.3, -0.25) is 5.32 Å². The van der Waals surface area contributed by atoms with Crippen LogP contribution in [-0.4, -0.2) is 6.09 Å². The topological polar surface area (TPSA) is 76.0 Å². The molecule has 0 aliphatic rings. The van der Waals surface area contributed by atoms with Crippen molar-refractivity contribution in [2.75, 3.05) is 0 Å². The Labute approximate surface area is 62.4 Å². The van der Waals surface area contributed by atoms with Gasteiger partial charge in [0.15, 0.2) is 6.19 Å². The number of carbonyl (C=O) groups is 1. The van der Waals surface area contributed by atoms with Gasteiger partial charge in [0.1, 0.15) is 6.09 Å². The van der Waals surface area contributed by atoms with Crippen molar-refractivity contribution in [2.24, 2.45) is 0 Å². The molecule has 0 aliphatic heterocycles. The van der Waals surface area contributed by atoms with E-state index in [0.717, 1.165) is 6.19 Å². The van der Waals surface area contributed by atoms with Crippen molar-refractivity contribution in [3.63, 3.8) is 0 Å². The van der Waals surface area contributed by atoms with Gasteiger partial charge in [-0.1, -0.05) is 0 Å². The molecule has 0 saturated carbocycles. The summed E-state index contributed by atoms with van der Waals surface area (Å²) in [7, 11) is 0. The van der Waals surface area contributed by atoms with E-state index in [1.54, 1.807) is 0 Å². The van der Waals surface area contributed by atoms with Gasteiger partial charge in [0.2, 0.25) is 0 Å². The third kappa shape index (κ3) is 10.7. The Morgan fingerprint density at radius 2 is 2.29 bits per heavy atom. The molecule has 0 spiro atoms. The molecule has 4 nitrogen and oxygen atoms in total. The third-order valence-corrected chi connectivity index (χ3v) is 0.158. The average Bonchev–Trinajstić information content (AvgIpc) is 1.35. The average molecular weight is 108 g/mol. The molecule has 0 unspecified atom stereocenters. The van der Waals surface area contributed by atoms with Crippen molar-refractivity contribution < 1.29 is 39.5 Å². The number of nitrogens with one attached hydrogen (secondary N) is 1. The second-order valence-corrected chi connectivity index (χ2v) is 0.524. The molecule has 0 aromatic rings. The van der Waals surface area contributed by atoms with E-state index in [-0.39, 0.29) is 29.6 Å². The zero-order valence-corrected chi connectivity index (χ0v) is 5.76. The van der Waals surface area contributed by atoms with Crippen LogP contribution in [0, 0.1) is 11.5 Å². The van der Waals surface area contributed by atoms with Crippen LogP contribution in [0.5, 0.6) is 0 Å². The Kier molecular flexibility index (Phi) is 8.15. The number of hydrogen-bond acceptors (Lipinski definition) is 3. The first-order chi connectivity index (χ1) is 2.77. The minimum absolute atomic E-state index is 0. The molecule has 1 amide bonds. The fourth-order valence-corrected chi connectivity index (χ4v) is 0.0456. The monoisotopic (exact) mass is 108 g/mol. The molecule has 0 rings (SSSR count). The molecule has 0 aliphatic carbocycles. The van der Waals surface area contributed by atoms with Gasteiger partial charge in [-0.15, -0.1) is 0 Å². The first-order valence-corrected chi connectivity index (χ1v) is 1.13. The SMILES string of the molecule is N#CNC(=O)[O-].[Na+]. The number of hydrogen-bond donors (Lipinski definition) is 1. The zero-order chi connectivity index (χ0) is 4.99. The quantitative estimate of drug-likeness (QED) is 0.193. The van der Waals surface area contributed by atoms with Crippen LogP contribution in [0.3, 0.4) is 0 Å². The molecule has 0 atom stereocenters. The van der Waals surface area contributed by atoms with Crippen molar-refractivity contribution >= 4 is 6.09 Å². The number of nitrogens with zero attached hydrogens (tertiary/aromatic N) is 1. The van der Waals surface area contributed by atoms with Crippen LogP contribution in [0.1, 0.15) is 0 Å². The van der Waals surface area contributed by atoms with Crippen molar-refractivity contribution in [1.29, 1.82) is 5.26 Å². The van der Waals surface area contributed by atoms with Gasteiger partial charge in [-0.25, -0.2) is 0 Å². The molecule has 0 aromatic carbocycles. The van der Waals surface area contributed by atoms with Gasteiger partial charge in [0, 0.05) is 0 Å². The smallest absolute Gasteiger partial charge is 0.529 e. The summed E-state index contributed by atoms with van der Waals surface area (Å²) in [6, 6.07) is 0. The minimum atomic E-state index is -1.57. The van der Waals surface area contributed by atoms with Crippen LogP contribution in [0.15, 0.2) is 0 Å². The maximum atomic E-state index is 9.15. The van der Waals surface area contributed by atoms with Gasteiger partial charge >= 0.3 is 29.6 Å². The van der Waals surface area contributed by atoms with Gasteiger partial charge < -0.3 is 9.90 Å². The molecule has 5 heteroatoms. The van der Waals surface area contributed by atoms with E-state index < -0.39 is 6.09 Å². The van der Waals surface area contributed by atoms with E-state index in [0.29, 0.717) is 0 Å². The third-order valence-electron chi connectivity index (χ3n) is 0.158. The van der Waals surface area contributed by atoms with E-state index in [1.165, 1.54) is 5.32 Å². The van der Waals surface area contributed by atoms with Crippen molar-refractivity contribution in [1.82, 2.24) is 5.32 Å². The normalized spacial score (nSPS) is 5.00. The molecule has 7 heavy (non-hydrogen) atoms. The van der Waals surface area contributed by atoms with E-state index in [2.05, 4.69) is 0 Å². The molecular formula is C2HN2NaO2. The molecule has 0 fully saturated rings. The van der Waals surface area contributed by atoms with Crippen LogP contribution in [0.25, 0.3) is 0 Å². The molecule has 0 aromatic heterocycles. The Balaban J connectivity index is 0. The summed E-state index contributed by atoms with van der Waals surface area (Å²) < 4.78 is 0. The minimum Gasteiger partial charge on any atom is -0.529 e. The van der Waals surface area contributed by atoms with E-state index in [4.69, 9.17) is 15.2 Å². The summed E-state index contributed by atoms with van der Waals surface area (Å²) >= 11 is 0. The van der Waals surface area contributed by atoms with Crippen molar-refractivity contribution in [3.8, 4) is 6.19 Å². The summed E-state index contributed by atoms with van der Waals surface area (Å²) in [5, 5.41) is 17.9. The first kappa shape index (κ1) is 9.90. The summed E-state index contributed by atoms with van der Waals surface area (Å²) in [6.45, 7) is 0. The fraction of sp³-hybridized carbons (Fsp3) is 0. The summed E-state index contributed by atoms with van der Waals surface area (Å²) in [6.07, 6.45) is -0.417. The van der Waals surface area contributed by atoms with Crippen LogP contribution in [0.4, 0.5) is 4.79 Å². The maximum absolute atomic E-state index is 9.15. The second-order valence-electron chi connectivity index (χ2n) is 0.524. The molecule has 0 saturated heterocycles. The number of carbonyl (C=O) groups excluding carboxylic acids is 1. The fourth-order valence-electron chi connectivity index (χ4n) is 0.0456. The van der Waals surface area contributed by atoms with Gasteiger partial charge in [-0.2, -0.15) is 5.26 Å². The van der Waals surface area contributed by atoms with Crippen LogP contribution < -0.4 is 40.0 Å². The van der Waals surface area contributed by atoms with Crippen molar-refractivity contribution in [3.05, 3.63) is 0 Å². The maximum Gasteiger partial charge on any atom is 1.00 e. The summed E-state index contributed by atoms with van der Waals surface area (Å²) in [4.78, 5) is 9.15. The molecule has 0 heterocycles. The molecule has 1 N–H and O–H groups in total. The number of rotatable bonds is 0. The number of nitriles is 1. The summed E-state index contributed by atoms with van der Waals surface area (Å²) in [5.74, 6) is 0. The van der Waals surface area contributed by atoms with E-state index >= 15 is 0 Å². The molecule has 32 valence electrons. The summed E-state index contributed by atoms with van der Waals surface area (Å²) in [5.41, 5.74) is 0. The van der Waals surface area contributed by atoms with Crippen LogP contribution >= 0.6 is 0 Å². The number of amides is 1. The molecule has 0 radical (unpaired) electrons. The van der Waals surface area contributed by atoms with E-state index in [9.17, 15) is 0 Å². The Bertz CT molecular complexity index is 96.4. The standard InChI is InChI=1S/C2H2N2O2.Na/c3-1-4-2(5)6;/h4H,(H,5,6);/q;+1/p-1. The predicted molar refractivity (Wildman–Crippen MR) is 14.1 cm³/mol. The first-order valence-electron chi connectivity index (χ1n) is 1.13. The van der Waals surface area contributed by atoms with Gasteiger partial charge in [0.05, 0.1) is 0 Å². The van der Waals surface area contributed by atoms with E-state index in [1.807, 2.05) is 0 Å². The Morgan fingerprint density at radius 1 is 1.86 bits per heavy atom. The second kappa shape index (κ2) is 5.76.